The van der Waals surface area contributed by atoms with Gasteiger partial charge in [-0.15, -0.1) is 11.3 Å². The van der Waals surface area contributed by atoms with Gasteiger partial charge < -0.3 is 9.64 Å². The second-order valence-corrected chi connectivity index (χ2v) is 6.41. The number of hydrogen-bond donors (Lipinski definition) is 0. The smallest absolute Gasteiger partial charge is 0.288 e. The molecule has 0 amide bonds. The van der Waals surface area contributed by atoms with Crippen LogP contribution in [0.15, 0.2) is 34.2 Å². The predicted octanol–water partition coefficient (Wildman–Crippen LogP) is 3.39. The third-order valence-electron chi connectivity index (χ3n) is 3.24. The summed E-state index contributed by atoms with van der Waals surface area (Å²) in [5.74, 6) is 0.713. The normalized spacial score (nSPS) is 18.7. The number of halogens is 1. The number of rotatable bonds is 3. The zero-order valence-corrected chi connectivity index (χ0v) is 13.3. The predicted molar refractivity (Wildman–Crippen MR) is 83.8 cm³/mol. The van der Waals surface area contributed by atoms with Crippen LogP contribution in [0.25, 0.3) is 0 Å². The van der Waals surface area contributed by atoms with E-state index in [1.165, 1.54) is 17.1 Å². The number of anilines is 1. The van der Waals surface area contributed by atoms with Gasteiger partial charge in [0.15, 0.2) is 0 Å². The fourth-order valence-electron chi connectivity index (χ4n) is 2.24. The van der Waals surface area contributed by atoms with Gasteiger partial charge >= 0.3 is 0 Å². The molecular formula is C13H12BrN3O3S. The summed E-state index contributed by atoms with van der Waals surface area (Å²) in [7, 11) is 0. The number of aromatic nitrogens is 1. The molecule has 1 aliphatic rings. The Balaban J connectivity index is 1.82. The number of nitro groups is 1. The summed E-state index contributed by atoms with van der Waals surface area (Å²) in [6, 6.07) is 5.54. The molecule has 1 unspecified atom stereocenters. The highest BCUT2D eigenvalue weighted by Crippen LogP contribution is 2.32. The van der Waals surface area contributed by atoms with Gasteiger partial charge in [0.2, 0.25) is 0 Å². The monoisotopic (exact) mass is 369 g/mol. The first-order chi connectivity index (χ1) is 10.1. The average molecular weight is 370 g/mol. The van der Waals surface area contributed by atoms with Crippen molar-refractivity contribution in [3.63, 3.8) is 0 Å². The Kier molecular flexibility index (Phi) is 4.18. The van der Waals surface area contributed by atoms with Gasteiger partial charge in [-0.2, -0.15) is 0 Å². The maximum atomic E-state index is 10.8. The summed E-state index contributed by atoms with van der Waals surface area (Å²) in [5, 5.41) is 12.8. The van der Waals surface area contributed by atoms with E-state index < -0.39 is 4.92 Å². The van der Waals surface area contributed by atoms with E-state index in [1.807, 2.05) is 11.4 Å². The quantitative estimate of drug-likeness (QED) is 0.612. The summed E-state index contributed by atoms with van der Waals surface area (Å²) in [6.07, 6.45) is 1.30. The zero-order chi connectivity index (χ0) is 14.8. The highest BCUT2D eigenvalue weighted by atomic mass is 79.9. The second-order valence-electron chi connectivity index (χ2n) is 4.58. The summed E-state index contributed by atoms with van der Waals surface area (Å²) in [5.41, 5.74) is -0.0197. The molecule has 8 heteroatoms. The van der Waals surface area contributed by atoms with Crippen molar-refractivity contribution in [3.05, 3.63) is 49.2 Å². The molecule has 2 aromatic heterocycles. The first kappa shape index (κ1) is 14.4. The van der Waals surface area contributed by atoms with Gasteiger partial charge in [-0.1, -0.05) is 6.07 Å². The number of pyridine rings is 1. The van der Waals surface area contributed by atoms with Gasteiger partial charge in [-0.3, -0.25) is 10.1 Å². The number of ether oxygens (including phenoxy) is 1. The minimum Gasteiger partial charge on any atom is -0.369 e. The molecule has 1 saturated heterocycles. The van der Waals surface area contributed by atoms with Crippen molar-refractivity contribution in [1.29, 1.82) is 0 Å². The summed E-state index contributed by atoms with van der Waals surface area (Å²) >= 11 is 5.04. The molecule has 0 spiro atoms. The molecular weight excluding hydrogens is 358 g/mol. The third-order valence-corrected chi connectivity index (χ3v) is 4.79. The van der Waals surface area contributed by atoms with Gasteiger partial charge in [-0.05, 0) is 27.4 Å². The molecule has 1 fully saturated rings. The number of nitrogens with zero attached hydrogens (tertiary/aromatic N) is 3. The zero-order valence-electron chi connectivity index (χ0n) is 10.9. The van der Waals surface area contributed by atoms with E-state index in [1.54, 1.807) is 11.3 Å². The molecule has 0 N–H and O–H groups in total. The fourth-order valence-corrected chi connectivity index (χ4v) is 3.59. The van der Waals surface area contributed by atoms with Crippen LogP contribution in [0.3, 0.4) is 0 Å². The van der Waals surface area contributed by atoms with Gasteiger partial charge in [0.25, 0.3) is 5.69 Å². The van der Waals surface area contributed by atoms with E-state index >= 15 is 0 Å². The molecule has 3 heterocycles. The van der Waals surface area contributed by atoms with E-state index in [-0.39, 0.29) is 11.8 Å². The van der Waals surface area contributed by atoms with E-state index in [4.69, 9.17) is 4.74 Å². The molecule has 21 heavy (non-hydrogen) atoms. The maximum absolute atomic E-state index is 10.8. The van der Waals surface area contributed by atoms with Crippen LogP contribution >= 0.6 is 27.3 Å². The average Bonchev–Trinajstić information content (AvgIpc) is 3.01. The standard InChI is InChI=1S/C13H12BrN3O3S/c14-10-6-9(17(18)19)7-15-13(10)16-3-4-20-11(8-16)12-2-1-5-21-12/h1-2,5-7,11H,3-4,8H2. The lowest BCUT2D eigenvalue weighted by atomic mass is 10.2. The van der Waals surface area contributed by atoms with Crippen molar-refractivity contribution in [2.75, 3.05) is 24.6 Å². The summed E-state index contributed by atoms with van der Waals surface area (Å²) in [4.78, 5) is 17.8. The minimum absolute atomic E-state index is 0.0163. The summed E-state index contributed by atoms with van der Waals surface area (Å²) in [6.45, 7) is 2.00. The van der Waals surface area contributed by atoms with Crippen LogP contribution in [0, 0.1) is 10.1 Å². The van der Waals surface area contributed by atoms with Crippen LogP contribution in [0.4, 0.5) is 11.5 Å². The first-order valence-corrected chi connectivity index (χ1v) is 8.02. The Hall–Kier alpha value is -1.51. The molecule has 3 rings (SSSR count). The lowest BCUT2D eigenvalue weighted by Gasteiger charge is -2.33. The fraction of sp³-hybridized carbons (Fsp3) is 0.308. The Bertz CT molecular complexity index is 650. The highest BCUT2D eigenvalue weighted by molar-refractivity contribution is 9.10. The van der Waals surface area contributed by atoms with Crippen LogP contribution in [0.2, 0.25) is 0 Å². The highest BCUT2D eigenvalue weighted by Gasteiger charge is 2.25. The molecule has 0 radical (unpaired) electrons. The van der Waals surface area contributed by atoms with Crippen LogP contribution in [-0.2, 0) is 4.74 Å². The van der Waals surface area contributed by atoms with Crippen molar-refractivity contribution in [1.82, 2.24) is 4.98 Å². The van der Waals surface area contributed by atoms with Gasteiger partial charge in [-0.25, -0.2) is 4.98 Å². The van der Waals surface area contributed by atoms with Gasteiger partial charge in [0, 0.05) is 17.5 Å². The molecule has 0 aromatic carbocycles. The van der Waals surface area contributed by atoms with Crippen LogP contribution < -0.4 is 4.90 Å². The molecule has 1 atom stereocenters. The van der Waals surface area contributed by atoms with Gasteiger partial charge in [0.1, 0.15) is 18.1 Å². The number of morpholine rings is 1. The first-order valence-electron chi connectivity index (χ1n) is 6.35. The molecule has 0 aliphatic carbocycles. The van der Waals surface area contributed by atoms with Crippen LogP contribution in [0.5, 0.6) is 0 Å². The van der Waals surface area contributed by atoms with Crippen LogP contribution in [0.1, 0.15) is 11.0 Å². The molecule has 0 saturated carbocycles. The summed E-state index contributed by atoms with van der Waals surface area (Å²) < 4.78 is 6.42. The third kappa shape index (κ3) is 3.07. The Morgan fingerprint density at radius 2 is 2.43 bits per heavy atom. The van der Waals surface area contributed by atoms with Crippen molar-refractivity contribution in [2.45, 2.75) is 6.10 Å². The van der Waals surface area contributed by atoms with E-state index in [2.05, 4.69) is 31.9 Å². The second kappa shape index (κ2) is 6.08. The van der Waals surface area contributed by atoms with Crippen molar-refractivity contribution < 1.29 is 9.66 Å². The molecule has 1 aliphatic heterocycles. The van der Waals surface area contributed by atoms with E-state index in [0.717, 1.165) is 0 Å². The van der Waals surface area contributed by atoms with Crippen molar-refractivity contribution >= 4 is 38.8 Å². The van der Waals surface area contributed by atoms with E-state index in [0.29, 0.717) is 30.0 Å². The van der Waals surface area contributed by atoms with Crippen LogP contribution in [-0.4, -0.2) is 29.6 Å². The van der Waals surface area contributed by atoms with Crippen molar-refractivity contribution in [3.8, 4) is 0 Å². The van der Waals surface area contributed by atoms with Crippen molar-refractivity contribution in [2.24, 2.45) is 0 Å². The maximum Gasteiger partial charge on any atom is 0.288 e. The largest absolute Gasteiger partial charge is 0.369 e. The Morgan fingerprint density at radius 3 is 3.10 bits per heavy atom. The van der Waals surface area contributed by atoms with Gasteiger partial charge in [0.05, 0.1) is 22.5 Å². The lowest BCUT2D eigenvalue weighted by Crippen LogP contribution is -2.38. The Morgan fingerprint density at radius 1 is 1.57 bits per heavy atom. The molecule has 110 valence electrons. The number of hydrogen-bond acceptors (Lipinski definition) is 6. The SMILES string of the molecule is O=[N+]([O-])c1cnc(N2CCOC(c3cccs3)C2)c(Br)c1. The topological polar surface area (TPSA) is 68.5 Å². The van der Waals surface area contributed by atoms with E-state index in [9.17, 15) is 10.1 Å². The molecule has 6 nitrogen and oxygen atoms in total. The molecule has 2 aromatic rings. The minimum atomic E-state index is -0.449. The Labute approximate surface area is 133 Å². The molecule has 0 bridgehead atoms. The lowest BCUT2D eigenvalue weighted by molar-refractivity contribution is -0.385. The number of thiophene rings is 1.